The van der Waals surface area contributed by atoms with Crippen molar-refractivity contribution >= 4 is 0 Å². The Bertz CT molecular complexity index is 293. The molecule has 12 heavy (non-hydrogen) atoms. The molecule has 62 valence electrons. The minimum Gasteiger partial charge on any atom is -0.401 e. The van der Waals surface area contributed by atoms with Crippen LogP contribution in [0.1, 0.15) is 19.3 Å². The van der Waals surface area contributed by atoms with Crippen molar-refractivity contribution in [2.45, 2.75) is 19.3 Å². The molecule has 0 aromatic carbocycles. The second kappa shape index (κ2) is 2.67. The lowest BCUT2D eigenvalue weighted by atomic mass is 9.83. The van der Waals surface area contributed by atoms with E-state index in [9.17, 15) is 0 Å². The maximum absolute atomic E-state index is 8.86. The van der Waals surface area contributed by atoms with Crippen molar-refractivity contribution in [1.82, 2.24) is 0 Å². The van der Waals surface area contributed by atoms with Crippen molar-refractivity contribution in [3.8, 4) is 6.07 Å². The molecule has 0 radical (unpaired) electrons. The molecule has 0 unspecified atom stereocenters. The topological polar surface area (TPSA) is 49.8 Å². The summed E-state index contributed by atoms with van der Waals surface area (Å²) >= 11 is 0. The fourth-order valence-corrected chi connectivity index (χ4v) is 2.23. The standard InChI is InChI=1S/C10H12N2/c11-6-9-8-4-2-1-3-7(8)5-10(9)12/h1-2,7-8H,3-5,12H2/t7-,8-/m0/s1. The number of nitriles is 1. The van der Waals surface area contributed by atoms with Gasteiger partial charge in [-0.3, -0.25) is 0 Å². The second-order valence-electron chi connectivity index (χ2n) is 3.56. The van der Waals surface area contributed by atoms with Gasteiger partial charge in [-0.2, -0.15) is 5.26 Å². The summed E-state index contributed by atoms with van der Waals surface area (Å²) in [6.07, 6.45) is 7.40. The summed E-state index contributed by atoms with van der Waals surface area (Å²) in [7, 11) is 0. The largest absolute Gasteiger partial charge is 0.401 e. The molecular formula is C10H12N2. The van der Waals surface area contributed by atoms with Crippen LogP contribution in [-0.4, -0.2) is 0 Å². The molecule has 0 aromatic heterocycles. The Morgan fingerprint density at radius 1 is 1.42 bits per heavy atom. The Morgan fingerprint density at radius 2 is 2.17 bits per heavy atom. The highest BCUT2D eigenvalue weighted by molar-refractivity contribution is 5.35. The predicted octanol–water partition coefficient (Wildman–Crippen LogP) is 1.71. The smallest absolute Gasteiger partial charge is 0.0968 e. The molecule has 2 aliphatic rings. The van der Waals surface area contributed by atoms with E-state index in [1.807, 2.05) is 0 Å². The molecule has 2 aliphatic carbocycles. The van der Waals surface area contributed by atoms with Gasteiger partial charge in [0, 0.05) is 11.6 Å². The third-order valence-corrected chi connectivity index (χ3v) is 2.88. The maximum Gasteiger partial charge on any atom is 0.0968 e. The van der Waals surface area contributed by atoms with Gasteiger partial charge in [0.15, 0.2) is 0 Å². The van der Waals surface area contributed by atoms with Gasteiger partial charge in [-0.05, 0) is 25.2 Å². The van der Waals surface area contributed by atoms with Gasteiger partial charge in [0.2, 0.25) is 0 Å². The van der Waals surface area contributed by atoms with Gasteiger partial charge in [0.1, 0.15) is 0 Å². The summed E-state index contributed by atoms with van der Waals surface area (Å²) in [5.74, 6) is 1.05. The lowest BCUT2D eigenvalue weighted by Crippen LogP contribution is -2.12. The van der Waals surface area contributed by atoms with E-state index in [-0.39, 0.29) is 0 Å². The first kappa shape index (κ1) is 7.42. The van der Waals surface area contributed by atoms with Crippen LogP contribution in [0.4, 0.5) is 0 Å². The van der Waals surface area contributed by atoms with Gasteiger partial charge < -0.3 is 5.73 Å². The molecule has 0 heterocycles. The second-order valence-corrected chi connectivity index (χ2v) is 3.56. The third-order valence-electron chi connectivity index (χ3n) is 2.88. The van der Waals surface area contributed by atoms with E-state index in [2.05, 4.69) is 18.2 Å². The van der Waals surface area contributed by atoms with Crippen molar-refractivity contribution in [3.05, 3.63) is 23.4 Å². The molecule has 0 saturated heterocycles. The van der Waals surface area contributed by atoms with Crippen LogP contribution in [0.3, 0.4) is 0 Å². The summed E-state index contributed by atoms with van der Waals surface area (Å²) in [4.78, 5) is 0. The fraction of sp³-hybridized carbons (Fsp3) is 0.500. The van der Waals surface area contributed by atoms with Crippen molar-refractivity contribution in [2.24, 2.45) is 17.6 Å². The minimum atomic E-state index is 0.431. The lowest BCUT2D eigenvalue weighted by molar-refractivity contribution is 0.405. The Kier molecular flexibility index (Phi) is 1.65. The Labute approximate surface area is 72.4 Å². The van der Waals surface area contributed by atoms with E-state index in [0.29, 0.717) is 11.8 Å². The SMILES string of the molecule is N#CC1=C(N)C[C@@H]2CC=CC[C@H]12. The number of rotatable bonds is 0. The number of hydrogen-bond acceptors (Lipinski definition) is 2. The molecule has 0 amide bonds. The molecule has 2 N–H and O–H groups in total. The zero-order valence-electron chi connectivity index (χ0n) is 6.96. The quantitative estimate of drug-likeness (QED) is 0.548. The van der Waals surface area contributed by atoms with Crippen LogP contribution in [0.2, 0.25) is 0 Å². The van der Waals surface area contributed by atoms with Crippen LogP contribution >= 0.6 is 0 Å². The number of hydrogen-bond donors (Lipinski definition) is 1. The van der Waals surface area contributed by atoms with E-state index in [1.165, 1.54) is 0 Å². The van der Waals surface area contributed by atoms with Gasteiger partial charge in [0.25, 0.3) is 0 Å². The van der Waals surface area contributed by atoms with Gasteiger partial charge >= 0.3 is 0 Å². The Hall–Kier alpha value is -1.23. The van der Waals surface area contributed by atoms with Gasteiger partial charge in [-0.1, -0.05) is 12.2 Å². The molecular weight excluding hydrogens is 148 g/mol. The summed E-state index contributed by atoms with van der Waals surface area (Å²) in [5, 5.41) is 8.86. The van der Waals surface area contributed by atoms with Crippen LogP contribution in [0, 0.1) is 23.2 Å². The molecule has 0 spiro atoms. The van der Waals surface area contributed by atoms with E-state index in [1.54, 1.807) is 0 Å². The van der Waals surface area contributed by atoms with Gasteiger partial charge in [-0.25, -0.2) is 0 Å². The van der Waals surface area contributed by atoms with Crippen molar-refractivity contribution < 1.29 is 0 Å². The molecule has 0 aromatic rings. The van der Waals surface area contributed by atoms with E-state index in [0.717, 1.165) is 30.5 Å². The molecule has 0 bridgehead atoms. The highest BCUT2D eigenvalue weighted by atomic mass is 14.6. The molecule has 2 rings (SSSR count). The highest BCUT2D eigenvalue weighted by Gasteiger charge is 2.33. The first-order chi connectivity index (χ1) is 5.83. The number of fused-ring (bicyclic) bond motifs is 1. The number of nitrogens with two attached hydrogens (primary N) is 1. The zero-order chi connectivity index (χ0) is 8.55. The van der Waals surface area contributed by atoms with Crippen molar-refractivity contribution in [1.29, 1.82) is 5.26 Å². The Morgan fingerprint density at radius 3 is 2.92 bits per heavy atom. The summed E-state index contributed by atoms with van der Waals surface area (Å²) in [6.45, 7) is 0. The third kappa shape index (κ3) is 0.937. The number of allylic oxidation sites excluding steroid dienone is 4. The van der Waals surface area contributed by atoms with Gasteiger partial charge in [-0.15, -0.1) is 0 Å². The summed E-state index contributed by atoms with van der Waals surface area (Å²) < 4.78 is 0. The van der Waals surface area contributed by atoms with Crippen LogP contribution in [0.5, 0.6) is 0 Å². The van der Waals surface area contributed by atoms with E-state index in [4.69, 9.17) is 11.0 Å². The summed E-state index contributed by atoms with van der Waals surface area (Å²) in [5.41, 5.74) is 7.46. The highest BCUT2D eigenvalue weighted by Crippen LogP contribution is 2.41. The first-order valence-electron chi connectivity index (χ1n) is 4.36. The van der Waals surface area contributed by atoms with Crippen LogP contribution in [-0.2, 0) is 0 Å². The van der Waals surface area contributed by atoms with Crippen LogP contribution in [0.25, 0.3) is 0 Å². The molecule has 2 atom stereocenters. The minimum absolute atomic E-state index is 0.431. The molecule has 0 fully saturated rings. The van der Waals surface area contributed by atoms with Crippen LogP contribution < -0.4 is 5.73 Å². The first-order valence-corrected chi connectivity index (χ1v) is 4.36. The monoisotopic (exact) mass is 160 g/mol. The molecule has 0 saturated carbocycles. The average molecular weight is 160 g/mol. The Balaban J connectivity index is 2.28. The average Bonchev–Trinajstić information content (AvgIpc) is 2.40. The normalized spacial score (nSPS) is 33.2. The molecule has 2 nitrogen and oxygen atoms in total. The van der Waals surface area contributed by atoms with Crippen molar-refractivity contribution in [2.75, 3.05) is 0 Å². The van der Waals surface area contributed by atoms with Gasteiger partial charge in [0.05, 0.1) is 11.6 Å². The van der Waals surface area contributed by atoms with Crippen molar-refractivity contribution in [3.63, 3.8) is 0 Å². The van der Waals surface area contributed by atoms with E-state index >= 15 is 0 Å². The number of nitrogens with zero attached hydrogens (tertiary/aromatic N) is 1. The fourth-order valence-electron chi connectivity index (χ4n) is 2.23. The molecule has 0 aliphatic heterocycles. The lowest BCUT2D eigenvalue weighted by Gasteiger charge is -2.20. The predicted molar refractivity (Wildman–Crippen MR) is 46.8 cm³/mol. The molecule has 2 heteroatoms. The summed E-state index contributed by atoms with van der Waals surface area (Å²) in [6, 6.07) is 2.23. The van der Waals surface area contributed by atoms with Crippen LogP contribution in [0.15, 0.2) is 23.4 Å². The maximum atomic E-state index is 8.86. The van der Waals surface area contributed by atoms with E-state index < -0.39 is 0 Å². The zero-order valence-corrected chi connectivity index (χ0v) is 6.96.